The summed E-state index contributed by atoms with van der Waals surface area (Å²) in [6.45, 7) is 2.48. The lowest BCUT2D eigenvalue weighted by Gasteiger charge is -2.29. The minimum Gasteiger partial charge on any atom is -0.372 e. The smallest absolute Gasteiger partial charge is 0.0369 e. The van der Waals surface area contributed by atoms with Gasteiger partial charge in [0.2, 0.25) is 0 Å². The van der Waals surface area contributed by atoms with Crippen LogP contribution in [-0.4, -0.2) is 13.1 Å². The first-order valence-corrected chi connectivity index (χ1v) is 7.18. The molecule has 0 bridgehead atoms. The standard InChI is InChI=1S/C14H18BrN/c15-14-7-6-12(10-13(14)11-4-5-11)16-8-2-1-3-9-16/h6-7,10-11H,1-5,8-9H2. The minimum atomic E-state index is 0.833. The fraction of sp³-hybridized carbons (Fsp3) is 0.571. The van der Waals surface area contributed by atoms with Crippen molar-refractivity contribution < 1.29 is 0 Å². The molecular weight excluding hydrogens is 262 g/mol. The molecule has 0 amide bonds. The Kier molecular flexibility index (Phi) is 2.93. The second kappa shape index (κ2) is 4.40. The molecule has 0 radical (unpaired) electrons. The van der Waals surface area contributed by atoms with Crippen LogP contribution < -0.4 is 4.90 Å². The predicted octanol–water partition coefficient (Wildman–Crippen LogP) is 4.32. The number of anilines is 1. The molecule has 0 N–H and O–H groups in total. The third-order valence-electron chi connectivity index (χ3n) is 3.72. The van der Waals surface area contributed by atoms with Crippen LogP contribution in [0.4, 0.5) is 5.69 Å². The van der Waals surface area contributed by atoms with Gasteiger partial charge in [-0.15, -0.1) is 0 Å². The first-order valence-electron chi connectivity index (χ1n) is 6.39. The molecule has 1 aromatic carbocycles. The average molecular weight is 280 g/mol. The molecule has 1 aliphatic heterocycles. The van der Waals surface area contributed by atoms with E-state index in [9.17, 15) is 0 Å². The van der Waals surface area contributed by atoms with Gasteiger partial charge in [0.25, 0.3) is 0 Å². The van der Waals surface area contributed by atoms with Crippen molar-refractivity contribution in [3.63, 3.8) is 0 Å². The van der Waals surface area contributed by atoms with Gasteiger partial charge in [-0.1, -0.05) is 15.9 Å². The largest absolute Gasteiger partial charge is 0.372 e. The number of halogens is 1. The Morgan fingerprint density at radius 3 is 2.50 bits per heavy atom. The fourth-order valence-electron chi connectivity index (χ4n) is 2.59. The number of hydrogen-bond donors (Lipinski definition) is 0. The van der Waals surface area contributed by atoms with Crippen LogP contribution in [0.1, 0.15) is 43.6 Å². The number of piperidine rings is 1. The van der Waals surface area contributed by atoms with E-state index < -0.39 is 0 Å². The molecule has 2 aliphatic rings. The summed E-state index contributed by atoms with van der Waals surface area (Å²) in [5.41, 5.74) is 2.97. The van der Waals surface area contributed by atoms with Crippen LogP contribution in [0, 0.1) is 0 Å². The van der Waals surface area contributed by atoms with E-state index in [1.165, 1.54) is 60.9 Å². The third kappa shape index (κ3) is 2.13. The quantitative estimate of drug-likeness (QED) is 0.780. The second-order valence-corrected chi connectivity index (χ2v) is 5.88. The molecule has 2 fully saturated rings. The van der Waals surface area contributed by atoms with Crippen LogP contribution >= 0.6 is 15.9 Å². The van der Waals surface area contributed by atoms with Crippen molar-refractivity contribution in [1.29, 1.82) is 0 Å². The van der Waals surface area contributed by atoms with Crippen molar-refractivity contribution in [1.82, 2.24) is 0 Å². The molecule has 1 heterocycles. The Labute approximate surface area is 106 Å². The second-order valence-electron chi connectivity index (χ2n) is 5.03. The molecule has 1 saturated carbocycles. The van der Waals surface area contributed by atoms with E-state index in [0.29, 0.717) is 0 Å². The lowest BCUT2D eigenvalue weighted by molar-refractivity contribution is 0.577. The molecule has 2 heteroatoms. The Morgan fingerprint density at radius 2 is 1.81 bits per heavy atom. The summed E-state index contributed by atoms with van der Waals surface area (Å²) >= 11 is 3.68. The maximum atomic E-state index is 3.68. The highest BCUT2D eigenvalue weighted by Crippen LogP contribution is 2.44. The molecule has 0 unspecified atom stereocenters. The number of nitrogens with zero attached hydrogens (tertiary/aromatic N) is 1. The molecule has 16 heavy (non-hydrogen) atoms. The van der Waals surface area contributed by atoms with Crippen LogP contribution in [0.2, 0.25) is 0 Å². The van der Waals surface area contributed by atoms with Crippen molar-refractivity contribution in [3.05, 3.63) is 28.2 Å². The van der Waals surface area contributed by atoms with Gasteiger partial charge < -0.3 is 4.90 Å². The monoisotopic (exact) mass is 279 g/mol. The van der Waals surface area contributed by atoms with E-state index in [2.05, 4.69) is 39.0 Å². The molecule has 0 aromatic heterocycles. The Hall–Kier alpha value is -0.500. The number of rotatable bonds is 2. The number of hydrogen-bond acceptors (Lipinski definition) is 1. The lowest BCUT2D eigenvalue weighted by atomic mass is 10.1. The Bertz CT molecular complexity index is 378. The summed E-state index contributed by atoms with van der Waals surface area (Å²) in [6, 6.07) is 6.91. The molecule has 86 valence electrons. The van der Waals surface area contributed by atoms with Gasteiger partial charge in [-0.25, -0.2) is 0 Å². The van der Waals surface area contributed by atoms with E-state index in [1.54, 1.807) is 0 Å². The van der Waals surface area contributed by atoms with Gasteiger partial charge in [0.05, 0.1) is 0 Å². The summed E-state index contributed by atoms with van der Waals surface area (Å²) in [7, 11) is 0. The lowest BCUT2D eigenvalue weighted by Crippen LogP contribution is -2.29. The highest BCUT2D eigenvalue weighted by atomic mass is 79.9. The van der Waals surface area contributed by atoms with E-state index in [0.717, 1.165) is 5.92 Å². The van der Waals surface area contributed by atoms with Gasteiger partial charge in [-0.2, -0.15) is 0 Å². The SMILES string of the molecule is Brc1ccc(N2CCCCC2)cc1C1CC1. The first-order chi connectivity index (χ1) is 7.84. The molecule has 0 spiro atoms. The highest BCUT2D eigenvalue weighted by molar-refractivity contribution is 9.10. The summed E-state index contributed by atoms with van der Waals surface area (Å²) in [5.74, 6) is 0.833. The van der Waals surface area contributed by atoms with Gasteiger partial charge in [-0.3, -0.25) is 0 Å². The number of benzene rings is 1. The molecule has 1 saturated heterocycles. The molecule has 1 nitrogen and oxygen atoms in total. The molecule has 0 atom stereocenters. The van der Waals surface area contributed by atoms with Gasteiger partial charge >= 0.3 is 0 Å². The maximum absolute atomic E-state index is 3.68. The zero-order valence-corrected chi connectivity index (χ0v) is 11.2. The molecule has 1 aromatic rings. The van der Waals surface area contributed by atoms with Gasteiger partial charge in [0.15, 0.2) is 0 Å². The third-order valence-corrected chi connectivity index (χ3v) is 4.44. The van der Waals surface area contributed by atoms with Crippen molar-refractivity contribution in [2.45, 2.75) is 38.0 Å². The normalized spacial score (nSPS) is 21.2. The van der Waals surface area contributed by atoms with Gasteiger partial charge in [0, 0.05) is 23.2 Å². The van der Waals surface area contributed by atoms with Crippen LogP contribution in [-0.2, 0) is 0 Å². The summed E-state index contributed by atoms with van der Waals surface area (Å²) in [5, 5.41) is 0. The topological polar surface area (TPSA) is 3.24 Å². The highest BCUT2D eigenvalue weighted by Gasteiger charge is 2.26. The van der Waals surface area contributed by atoms with E-state index in [-0.39, 0.29) is 0 Å². The fourth-order valence-corrected chi connectivity index (χ4v) is 3.16. The van der Waals surface area contributed by atoms with Crippen LogP contribution in [0.25, 0.3) is 0 Å². The molecule has 3 rings (SSSR count). The van der Waals surface area contributed by atoms with Gasteiger partial charge in [-0.05, 0) is 61.8 Å². The predicted molar refractivity (Wildman–Crippen MR) is 72.2 cm³/mol. The van der Waals surface area contributed by atoms with E-state index in [1.807, 2.05) is 0 Å². The Morgan fingerprint density at radius 1 is 1.06 bits per heavy atom. The average Bonchev–Trinajstić information content (AvgIpc) is 3.15. The van der Waals surface area contributed by atoms with Crippen LogP contribution in [0.5, 0.6) is 0 Å². The summed E-state index contributed by atoms with van der Waals surface area (Å²) in [4.78, 5) is 2.54. The molecular formula is C14H18BrN. The van der Waals surface area contributed by atoms with Gasteiger partial charge in [0.1, 0.15) is 0 Å². The van der Waals surface area contributed by atoms with Crippen molar-refractivity contribution in [3.8, 4) is 0 Å². The minimum absolute atomic E-state index is 0.833. The van der Waals surface area contributed by atoms with E-state index in [4.69, 9.17) is 0 Å². The van der Waals surface area contributed by atoms with Crippen molar-refractivity contribution in [2.24, 2.45) is 0 Å². The first kappa shape index (κ1) is 10.6. The zero-order valence-electron chi connectivity index (χ0n) is 9.58. The van der Waals surface area contributed by atoms with Crippen LogP contribution in [0.15, 0.2) is 22.7 Å². The zero-order chi connectivity index (χ0) is 11.0. The van der Waals surface area contributed by atoms with E-state index >= 15 is 0 Å². The van der Waals surface area contributed by atoms with Crippen LogP contribution in [0.3, 0.4) is 0 Å². The molecule has 1 aliphatic carbocycles. The Balaban J connectivity index is 1.85. The summed E-state index contributed by atoms with van der Waals surface area (Å²) in [6.07, 6.45) is 6.87. The van der Waals surface area contributed by atoms with Crippen molar-refractivity contribution >= 4 is 21.6 Å². The maximum Gasteiger partial charge on any atom is 0.0369 e. The summed E-state index contributed by atoms with van der Waals surface area (Å²) < 4.78 is 1.30. The van der Waals surface area contributed by atoms with Crippen molar-refractivity contribution in [2.75, 3.05) is 18.0 Å².